The fourth-order valence-corrected chi connectivity index (χ4v) is 1.91. The molecule has 0 radical (unpaired) electrons. The van der Waals surface area contributed by atoms with E-state index in [2.05, 4.69) is 0 Å². The van der Waals surface area contributed by atoms with Crippen molar-refractivity contribution < 1.29 is 9.66 Å². The molecule has 0 aliphatic rings. The maximum atomic E-state index is 10.7. The number of rotatable bonds is 4. The SMILES string of the molecule is C[C@@H](N)c1ccc(Oc2ccc([N+](=O)[O-])c(Cl)c2)cc1. The molecular weight excluding hydrogens is 280 g/mol. The molecule has 2 rings (SSSR count). The molecule has 2 aromatic carbocycles. The van der Waals surface area contributed by atoms with E-state index in [4.69, 9.17) is 22.1 Å². The number of halogens is 1. The van der Waals surface area contributed by atoms with E-state index in [1.807, 2.05) is 19.1 Å². The minimum absolute atomic E-state index is 0.0414. The molecule has 0 heterocycles. The van der Waals surface area contributed by atoms with Gasteiger partial charge in [-0.25, -0.2) is 0 Å². The molecule has 0 aliphatic carbocycles. The summed E-state index contributed by atoms with van der Waals surface area (Å²) in [6, 6.07) is 11.5. The van der Waals surface area contributed by atoms with E-state index in [0.717, 1.165) is 5.56 Å². The molecule has 0 unspecified atom stereocenters. The number of nitro benzene ring substituents is 1. The van der Waals surface area contributed by atoms with E-state index < -0.39 is 4.92 Å². The Morgan fingerprint density at radius 3 is 2.30 bits per heavy atom. The van der Waals surface area contributed by atoms with Gasteiger partial charge in [0.2, 0.25) is 0 Å². The molecule has 104 valence electrons. The molecule has 0 bridgehead atoms. The minimum atomic E-state index is -0.538. The number of nitrogens with two attached hydrogens (primary N) is 1. The van der Waals surface area contributed by atoms with E-state index in [0.29, 0.717) is 11.5 Å². The first-order valence-electron chi connectivity index (χ1n) is 5.94. The molecule has 2 aromatic rings. The van der Waals surface area contributed by atoms with Gasteiger partial charge >= 0.3 is 0 Å². The second-order valence-electron chi connectivity index (χ2n) is 4.33. The predicted molar refractivity (Wildman–Crippen MR) is 77.2 cm³/mol. The van der Waals surface area contributed by atoms with Crippen LogP contribution in [0.5, 0.6) is 11.5 Å². The standard InChI is InChI=1S/C14H13ClN2O3/c1-9(16)10-2-4-11(5-3-10)20-12-6-7-14(17(18)19)13(15)8-12/h2-9H,16H2,1H3/t9-/m1/s1. The van der Waals surface area contributed by atoms with Gasteiger partial charge in [0.15, 0.2) is 0 Å². The first kappa shape index (κ1) is 14.3. The zero-order chi connectivity index (χ0) is 14.7. The zero-order valence-corrected chi connectivity index (χ0v) is 11.5. The Morgan fingerprint density at radius 2 is 1.80 bits per heavy atom. The molecular formula is C14H13ClN2O3. The minimum Gasteiger partial charge on any atom is -0.457 e. The zero-order valence-electron chi connectivity index (χ0n) is 10.7. The molecule has 0 aliphatic heterocycles. The summed E-state index contributed by atoms with van der Waals surface area (Å²) in [5, 5.41) is 10.7. The Bertz CT molecular complexity index is 627. The molecule has 20 heavy (non-hydrogen) atoms. The first-order chi connectivity index (χ1) is 9.47. The summed E-state index contributed by atoms with van der Waals surface area (Å²) in [5.74, 6) is 1.05. The van der Waals surface area contributed by atoms with Crippen LogP contribution in [0.1, 0.15) is 18.5 Å². The van der Waals surface area contributed by atoms with Crippen molar-refractivity contribution >= 4 is 17.3 Å². The van der Waals surface area contributed by atoms with Crippen LogP contribution in [0.15, 0.2) is 42.5 Å². The highest BCUT2D eigenvalue weighted by Gasteiger charge is 2.12. The molecule has 0 aromatic heterocycles. The molecule has 2 N–H and O–H groups in total. The average molecular weight is 293 g/mol. The van der Waals surface area contributed by atoms with Crippen molar-refractivity contribution in [1.29, 1.82) is 0 Å². The molecule has 1 atom stereocenters. The molecule has 0 saturated carbocycles. The molecule has 0 amide bonds. The lowest BCUT2D eigenvalue weighted by Gasteiger charge is -2.09. The van der Waals surface area contributed by atoms with E-state index in [-0.39, 0.29) is 16.8 Å². The van der Waals surface area contributed by atoms with Crippen LogP contribution in [0.2, 0.25) is 5.02 Å². The van der Waals surface area contributed by atoms with Crippen molar-refractivity contribution in [2.24, 2.45) is 5.73 Å². The van der Waals surface area contributed by atoms with Crippen molar-refractivity contribution in [2.45, 2.75) is 13.0 Å². The van der Waals surface area contributed by atoms with Gasteiger partial charge in [-0.1, -0.05) is 23.7 Å². The number of nitrogens with zero attached hydrogens (tertiary/aromatic N) is 1. The van der Waals surface area contributed by atoms with Crippen LogP contribution in [-0.2, 0) is 0 Å². The highest BCUT2D eigenvalue weighted by Crippen LogP contribution is 2.31. The third kappa shape index (κ3) is 3.26. The van der Waals surface area contributed by atoms with Crippen LogP contribution >= 0.6 is 11.6 Å². The van der Waals surface area contributed by atoms with Crippen LogP contribution in [0, 0.1) is 10.1 Å². The Kier molecular flexibility index (Phi) is 4.22. The summed E-state index contributed by atoms with van der Waals surface area (Å²) in [6.07, 6.45) is 0. The number of ether oxygens (including phenoxy) is 1. The van der Waals surface area contributed by atoms with E-state index in [9.17, 15) is 10.1 Å². The van der Waals surface area contributed by atoms with E-state index in [1.165, 1.54) is 18.2 Å². The highest BCUT2D eigenvalue weighted by molar-refractivity contribution is 6.32. The van der Waals surface area contributed by atoms with Crippen molar-refractivity contribution in [1.82, 2.24) is 0 Å². The van der Waals surface area contributed by atoms with Crippen molar-refractivity contribution in [2.75, 3.05) is 0 Å². The Hall–Kier alpha value is -2.11. The quantitative estimate of drug-likeness (QED) is 0.681. The highest BCUT2D eigenvalue weighted by atomic mass is 35.5. The summed E-state index contributed by atoms with van der Waals surface area (Å²) in [4.78, 5) is 10.1. The maximum absolute atomic E-state index is 10.7. The van der Waals surface area contributed by atoms with Crippen LogP contribution in [0.4, 0.5) is 5.69 Å². The second kappa shape index (κ2) is 5.90. The Morgan fingerprint density at radius 1 is 1.20 bits per heavy atom. The lowest BCUT2D eigenvalue weighted by molar-refractivity contribution is -0.384. The first-order valence-corrected chi connectivity index (χ1v) is 6.32. The summed E-state index contributed by atoms with van der Waals surface area (Å²) < 4.78 is 5.58. The number of hydrogen-bond acceptors (Lipinski definition) is 4. The lowest BCUT2D eigenvalue weighted by Crippen LogP contribution is -2.04. The van der Waals surface area contributed by atoms with E-state index in [1.54, 1.807) is 12.1 Å². The summed E-state index contributed by atoms with van der Waals surface area (Å²) in [5.41, 5.74) is 6.61. The average Bonchev–Trinajstić information content (AvgIpc) is 2.39. The second-order valence-corrected chi connectivity index (χ2v) is 4.74. The van der Waals surface area contributed by atoms with Crippen LogP contribution < -0.4 is 10.5 Å². The fraction of sp³-hybridized carbons (Fsp3) is 0.143. The topological polar surface area (TPSA) is 78.4 Å². The number of benzene rings is 2. The van der Waals surface area contributed by atoms with Crippen LogP contribution in [0.25, 0.3) is 0 Å². The van der Waals surface area contributed by atoms with Gasteiger partial charge in [0, 0.05) is 18.2 Å². The van der Waals surface area contributed by atoms with Crippen LogP contribution in [0.3, 0.4) is 0 Å². The normalized spacial score (nSPS) is 11.9. The van der Waals surface area contributed by atoms with Gasteiger partial charge < -0.3 is 10.5 Å². The third-order valence-electron chi connectivity index (χ3n) is 2.76. The van der Waals surface area contributed by atoms with Crippen molar-refractivity contribution in [3.05, 3.63) is 63.2 Å². The van der Waals surface area contributed by atoms with Gasteiger partial charge in [-0.3, -0.25) is 10.1 Å². The Balaban J connectivity index is 2.17. The van der Waals surface area contributed by atoms with Gasteiger partial charge in [-0.2, -0.15) is 0 Å². The summed E-state index contributed by atoms with van der Waals surface area (Å²) in [7, 11) is 0. The van der Waals surface area contributed by atoms with Crippen molar-refractivity contribution in [3.63, 3.8) is 0 Å². The monoisotopic (exact) mass is 292 g/mol. The Labute approximate surface area is 121 Å². The molecule has 6 heteroatoms. The van der Waals surface area contributed by atoms with Crippen molar-refractivity contribution in [3.8, 4) is 11.5 Å². The van der Waals surface area contributed by atoms with E-state index >= 15 is 0 Å². The maximum Gasteiger partial charge on any atom is 0.288 e. The molecule has 5 nitrogen and oxygen atoms in total. The lowest BCUT2D eigenvalue weighted by atomic mass is 10.1. The molecule has 0 fully saturated rings. The number of hydrogen-bond donors (Lipinski definition) is 1. The third-order valence-corrected chi connectivity index (χ3v) is 3.06. The molecule has 0 saturated heterocycles. The summed E-state index contributed by atoms with van der Waals surface area (Å²) in [6.45, 7) is 1.89. The van der Waals surface area contributed by atoms with Gasteiger partial charge in [-0.15, -0.1) is 0 Å². The van der Waals surface area contributed by atoms with Gasteiger partial charge in [0.25, 0.3) is 5.69 Å². The smallest absolute Gasteiger partial charge is 0.288 e. The number of nitro groups is 1. The largest absolute Gasteiger partial charge is 0.457 e. The van der Waals surface area contributed by atoms with Crippen LogP contribution in [-0.4, -0.2) is 4.92 Å². The summed E-state index contributed by atoms with van der Waals surface area (Å²) >= 11 is 5.82. The fourth-order valence-electron chi connectivity index (χ4n) is 1.67. The van der Waals surface area contributed by atoms with Gasteiger partial charge in [-0.05, 0) is 30.7 Å². The van der Waals surface area contributed by atoms with Gasteiger partial charge in [0.1, 0.15) is 16.5 Å². The molecule has 0 spiro atoms. The predicted octanol–water partition coefficient (Wildman–Crippen LogP) is 4.06. The van der Waals surface area contributed by atoms with Gasteiger partial charge in [0.05, 0.1) is 4.92 Å².